The van der Waals surface area contributed by atoms with Gasteiger partial charge in [0, 0.05) is 12.1 Å². The van der Waals surface area contributed by atoms with Gasteiger partial charge in [-0.2, -0.15) is 0 Å². The van der Waals surface area contributed by atoms with Crippen LogP contribution in [0.1, 0.15) is 37.3 Å². The second-order valence-electron chi connectivity index (χ2n) is 6.20. The van der Waals surface area contributed by atoms with Gasteiger partial charge in [-0.1, -0.05) is 6.07 Å². The van der Waals surface area contributed by atoms with Crippen molar-refractivity contribution < 1.29 is 8.42 Å². The number of nitrogens with one attached hydrogen (secondary N) is 2. The standard InChI is InChI=1S/C15H22N2O2S/c1-15(8-3-9-16-15)11-17-20(18,19)14-7-6-12-4-2-5-13(12)10-14/h6-7,10,16-17H,2-5,8-9,11H2,1H3. The zero-order chi connectivity index (χ0) is 14.2. The van der Waals surface area contributed by atoms with Gasteiger partial charge in [0.15, 0.2) is 0 Å². The molecule has 0 amide bonds. The molecule has 110 valence electrons. The van der Waals surface area contributed by atoms with Crippen LogP contribution in [0, 0.1) is 0 Å². The monoisotopic (exact) mass is 294 g/mol. The molecule has 1 heterocycles. The molecule has 0 aromatic heterocycles. The Morgan fingerprint density at radius 3 is 2.80 bits per heavy atom. The molecule has 2 N–H and O–H groups in total. The average Bonchev–Trinajstić information content (AvgIpc) is 3.05. The van der Waals surface area contributed by atoms with Gasteiger partial charge in [0.25, 0.3) is 0 Å². The number of benzene rings is 1. The summed E-state index contributed by atoms with van der Waals surface area (Å²) >= 11 is 0. The van der Waals surface area contributed by atoms with Gasteiger partial charge >= 0.3 is 0 Å². The highest BCUT2D eigenvalue weighted by Gasteiger charge is 2.30. The van der Waals surface area contributed by atoms with Gasteiger partial charge in [-0.25, -0.2) is 13.1 Å². The molecule has 1 aliphatic carbocycles. The number of hydrogen-bond donors (Lipinski definition) is 2. The van der Waals surface area contributed by atoms with Crippen LogP contribution in [0.3, 0.4) is 0 Å². The molecule has 2 aliphatic rings. The van der Waals surface area contributed by atoms with E-state index in [4.69, 9.17) is 0 Å². The van der Waals surface area contributed by atoms with Crippen molar-refractivity contribution in [1.82, 2.24) is 10.0 Å². The van der Waals surface area contributed by atoms with E-state index in [0.717, 1.165) is 38.6 Å². The first kappa shape index (κ1) is 14.0. The molecule has 1 aliphatic heterocycles. The third-order valence-corrected chi connectivity index (χ3v) is 5.89. The van der Waals surface area contributed by atoms with Gasteiger partial charge < -0.3 is 5.32 Å². The lowest BCUT2D eigenvalue weighted by Crippen LogP contribution is -2.47. The van der Waals surface area contributed by atoms with E-state index in [1.807, 2.05) is 12.1 Å². The molecule has 1 fully saturated rings. The highest BCUT2D eigenvalue weighted by Crippen LogP contribution is 2.25. The molecule has 3 rings (SSSR count). The van der Waals surface area contributed by atoms with Gasteiger partial charge in [0.05, 0.1) is 4.90 Å². The fourth-order valence-corrected chi connectivity index (χ4v) is 4.38. The zero-order valence-corrected chi connectivity index (χ0v) is 12.7. The van der Waals surface area contributed by atoms with Crippen molar-refractivity contribution in [1.29, 1.82) is 0 Å². The highest BCUT2D eigenvalue weighted by molar-refractivity contribution is 7.89. The second kappa shape index (κ2) is 5.13. The summed E-state index contributed by atoms with van der Waals surface area (Å²) in [7, 11) is -3.40. The van der Waals surface area contributed by atoms with Gasteiger partial charge in [-0.15, -0.1) is 0 Å². The predicted molar refractivity (Wildman–Crippen MR) is 79.3 cm³/mol. The Kier molecular flexibility index (Phi) is 3.60. The number of sulfonamides is 1. The Morgan fingerprint density at radius 1 is 1.25 bits per heavy atom. The van der Waals surface area contributed by atoms with Crippen molar-refractivity contribution >= 4 is 10.0 Å². The summed E-state index contributed by atoms with van der Waals surface area (Å²) in [6.45, 7) is 3.49. The fourth-order valence-electron chi connectivity index (χ4n) is 3.16. The van der Waals surface area contributed by atoms with Crippen LogP contribution in [0.15, 0.2) is 23.1 Å². The molecule has 1 atom stereocenters. The molecule has 5 heteroatoms. The van der Waals surface area contributed by atoms with Crippen LogP contribution in [0.5, 0.6) is 0 Å². The lowest BCUT2D eigenvalue weighted by atomic mass is 10.0. The number of rotatable bonds is 4. The molecular formula is C15H22N2O2S. The maximum absolute atomic E-state index is 12.4. The number of hydrogen-bond acceptors (Lipinski definition) is 3. The van der Waals surface area contributed by atoms with Gasteiger partial charge in [-0.3, -0.25) is 0 Å². The lowest BCUT2D eigenvalue weighted by Gasteiger charge is -2.24. The Hall–Kier alpha value is -0.910. The molecule has 0 saturated carbocycles. The van der Waals surface area contributed by atoms with Crippen LogP contribution >= 0.6 is 0 Å². The third kappa shape index (κ3) is 2.75. The third-order valence-electron chi connectivity index (χ3n) is 4.49. The van der Waals surface area contributed by atoms with Crippen LogP contribution in [-0.2, 0) is 22.9 Å². The highest BCUT2D eigenvalue weighted by atomic mass is 32.2. The Bertz CT molecular complexity index is 604. The quantitative estimate of drug-likeness (QED) is 0.887. The molecule has 0 spiro atoms. The minimum Gasteiger partial charge on any atom is -0.310 e. The maximum Gasteiger partial charge on any atom is 0.240 e. The zero-order valence-electron chi connectivity index (χ0n) is 11.9. The van der Waals surface area contributed by atoms with Gasteiger partial charge in [0.2, 0.25) is 10.0 Å². The smallest absolute Gasteiger partial charge is 0.240 e. The normalized spacial score (nSPS) is 25.9. The van der Waals surface area contributed by atoms with E-state index in [1.54, 1.807) is 6.07 Å². The van der Waals surface area contributed by atoms with Crippen molar-refractivity contribution in [3.8, 4) is 0 Å². The Morgan fingerprint density at radius 2 is 2.05 bits per heavy atom. The van der Waals surface area contributed by atoms with E-state index in [9.17, 15) is 8.42 Å². The summed E-state index contributed by atoms with van der Waals surface area (Å²) in [5, 5.41) is 3.37. The molecule has 0 bridgehead atoms. The van der Waals surface area contributed by atoms with Crippen LogP contribution in [-0.4, -0.2) is 27.0 Å². The SMILES string of the molecule is CC1(CNS(=O)(=O)c2ccc3c(c2)CCC3)CCCN1. The summed E-state index contributed by atoms with van der Waals surface area (Å²) in [6, 6.07) is 5.54. The summed E-state index contributed by atoms with van der Waals surface area (Å²) < 4.78 is 27.5. The predicted octanol–water partition coefficient (Wildman–Crippen LogP) is 1.60. The van der Waals surface area contributed by atoms with Crippen molar-refractivity contribution in [3.05, 3.63) is 29.3 Å². The number of fused-ring (bicyclic) bond motifs is 1. The second-order valence-corrected chi connectivity index (χ2v) is 7.97. The van der Waals surface area contributed by atoms with Crippen molar-refractivity contribution in [2.45, 2.75) is 49.5 Å². The topological polar surface area (TPSA) is 58.2 Å². The first-order valence-electron chi connectivity index (χ1n) is 7.35. The van der Waals surface area contributed by atoms with E-state index in [2.05, 4.69) is 17.0 Å². The Balaban J connectivity index is 1.74. The Labute approximate surface area is 121 Å². The molecule has 1 unspecified atom stereocenters. The minimum absolute atomic E-state index is 0.107. The van der Waals surface area contributed by atoms with Crippen molar-refractivity contribution in [2.24, 2.45) is 0 Å². The maximum atomic E-state index is 12.4. The molecular weight excluding hydrogens is 272 g/mol. The first-order valence-corrected chi connectivity index (χ1v) is 8.83. The molecule has 1 saturated heterocycles. The first-order chi connectivity index (χ1) is 9.49. The van der Waals surface area contributed by atoms with Gasteiger partial charge in [0.1, 0.15) is 0 Å². The molecule has 4 nitrogen and oxygen atoms in total. The van der Waals surface area contributed by atoms with E-state index < -0.39 is 10.0 Å². The fraction of sp³-hybridized carbons (Fsp3) is 0.600. The van der Waals surface area contributed by atoms with Crippen LogP contribution in [0.4, 0.5) is 0 Å². The molecule has 1 aromatic rings. The summed E-state index contributed by atoms with van der Waals surface area (Å²) in [5.41, 5.74) is 2.38. The van der Waals surface area contributed by atoms with Crippen LogP contribution in [0.2, 0.25) is 0 Å². The summed E-state index contributed by atoms with van der Waals surface area (Å²) in [4.78, 5) is 0.403. The van der Waals surface area contributed by atoms with Crippen molar-refractivity contribution in [2.75, 3.05) is 13.1 Å². The van der Waals surface area contributed by atoms with Crippen molar-refractivity contribution in [3.63, 3.8) is 0 Å². The molecule has 1 aromatic carbocycles. The van der Waals surface area contributed by atoms with E-state index in [-0.39, 0.29) is 5.54 Å². The van der Waals surface area contributed by atoms with E-state index in [0.29, 0.717) is 11.4 Å². The molecule has 20 heavy (non-hydrogen) atoms. The molecule has 0 radical (unpaired) electrons. The van der Waals surface area contributed by atoms with E-state index in [1.165, 1.54) is 11.1 Å². The summed E-state index contributed by atoms with van der Waals surface area (Å²) in [5.74, 6) is 0. The largest absolute Gasteiger partial charge is 0.310 e. The summed E-state index contributed by atoms with van der Waals surface area (Å²) in [6.07, 6.45) is 5.33. The van der Waals surface area contributed by atoms with Gasteiger partial charge in [-0.05, 0) is 68.8 Å². The van der Waals surface area contributed by atoms with Crippen LogP contribution < -0.4 is 10.0 Å². The average molecular weight is 294 g/mol. The van der Waals surface area contributed by atoms with Crippen LogP contribution in [0.25, 0.3) is 0 Å². The lowest BCUT2D eigenvalue weighted by molar-refractivity contribution is 0.409. The van der Waals surface area contributed by atoms with E-state index >= 15 is 0 Å². The minimum atomic E-state index is -3.40. The number of aryl methyl sites for hydroxylation is 2.